The van der Waals surface area contributed by atoms with Crippen molar-refractivity contribution >= 4 is 27.6 Å². The summed E-state index contributed by atoms with van der Waals surface area (Å²) >= 11 is 3.47. The molecule has 0 saturated carbocycles. The van der Waals surface area contributed by atoms with E-state index in [-0.39, 0.29) is 0 Å². The van der Waals surface area contributed by atoms with Crippen molar-refractivity contribution in [1.29, 1.82) is 0 Å². The van der Waals surface area contributed by atoms with E-state index in [1.807, 2.05) is 30.6 Å². The fourth-order valence-corrected chi connectivity index (χ4v) is 2.30. The van der Waals surface area contributed by atoms with Gasteiger partial charge in [-0.15, -0.1) is 0 Å². The lowest BCUT2D eigenvalue weighted by molar-refractivity contribution is 0.415. The first-order valence-electron chi connectivity index (χ1n) is 6.35. The molecule has 2 aromatic rings. The van der Waals surface area contributed by atoms with Gasteiger partial charge in [-0.25, -0.2) is 4.98 Å². The van der Waals surface area contributed by atoms with Crippen LogP contribution in [0, 0.1) is 0 Å². The third kappa shape index (κ3) is 3.73. The zero-order valence-electron chi connectivity index (χ0n) is 11.2. The zero-order chi connectivity index (χ0) is 13.7. The van der Waals surface area contributed by atoms with Crippen molar-refractivity contribution in [1.82, 2.24) is 9.55 Å². The number of methoxy groups -OCH3 is 1. The molecule has 0 radical (unpaired) electrons. The molecule has 0 amide bonds. The number of hydrogen-bond acceptors (Lipinski definition) is 3. The van der Waals surface area contributed by atoms with E-state index in [4.69, 9.17) is 4.74 Å². The topological polar surface area (TPSA) is 39.1 Å². The Bertz CT molecular complexity index is 539. The van der Waals surface area contributed by atoms with Crippen molar-refractivity contribution in [2.45, 2.75) is 26.3 Å². The van der Waals surface area contributed by atoms with Crippen molar-refractivity contribution in [2.75, 3.05) is 12.4 Å². The Labute approximate surface area is 121 Å². The maximum atomic E-state index is 5.25. The van der Waals surface area contributed by atoms with Gasteiger partial charge in [0, 0.05) is 35.2 Å². The number of nitrogens with one attached hydrogen (secondary N) is 1. The van der Waals surface area contributed by atoms with E-state index in [1.54, 1.807) is 7.11 Å². The van der Waals surface area contributed by atoms with E-state index in [0.29, 0.717) is 0 Å². The first-order chi connectivity index (χ1) is 9.22. The van der Waals surface area contributed by atoms with Crippen molar-refractivity contribution in [3.05, 3.63) is 35.1 Å². The Morgan fingerprint density at radius 1 is 1.37 bits per heavy atom. The van der Waals surface area contributed by atoms with E-state index in [9.17, 15) is 0 Å². The van der Waals surface area contributed by atoms with Crippen molar-refractivity contribution in [3.8, 4) is 5.75 Å². The quantitative estimate of drug-likeness (QED) is 0.866. The summed E-state index contributed by atoms with van der Waals surface area (Å²) in [6.45, 7) is 3.16. The van der Waals surface area contributed by atoms with Gasteiger partial charge < -0.3 is 14.6 Å². The van der Waals surface area contributed by atoms with Crippen molar-refractivity contribution in [2.24, 2.45) is 0 Å². The molecule has 5 heteroatoms. The minimum Gasteiger partial charge on any atom is -0.497 e. The highest BCUT2D eigenvalue weighted by atomic mass is 79.9. The summed E-state index contributed by atoms with van der Waals surface area (Å²) in [5.74, 6) is 1.66. The number of ether oxygens (including phenoxy) is 1. The van der Waals surface area contributed by atoms with Crippen LogP contribution in [0.15, 0.2) is 35.1 Å². The number of nitrogens with zero attached hydrogens (tertiary/aromatic N) is 2. The second-order valence-corrected chi connectivity index (χ2v) is 5.22. The highest BCUT2D eigenvalue weighted by Crippen LogP contribution is 2.26. The molecule has 2 rings (SSSR count). The smallest absolute Gasteiger partial charge is 0.207 e. The van der Waals surface area contributed by atoms with Crippen LogP contribution in [0.3, 0.4) is 0 Å². The number of halogens is 1. The Morgan fingerprint density at radius 2 is 2.21 bits per heavy atom. The Hall–Kier alpha value is -1.49. The lowest BCUT2D eigenvalue weighted by atomic mass is 10.3. The van der Waals surface area contributed by atoms with E-state index in [2.05, 4.69) is 37.7 Å². The van der Waals surface area contributed by atoms with Gasteiger partial charge in [-0.05, 0) is 18.6 Å². The first-order valence-corrected chi connectivity index (χ1v) is 7.15. The monoisotopic (exact) mass is 323 g/mol. The molecule has 1 aromatic carbocycles. The third-order valence-electron chi connectivity index (χ3n) is 2.83. The predicted molar refractivity (Wildman–Crippen MR) is 81.1 cm³/mol. The molecule has 0 saturated heterocycles. The third-order valence-corrected chi connectivity index (χ3v) is 3.29. The largest absolute Gasteiger partial charge is 0.497 e. The average molecular weight is 324 g/mol. The molecular weight excluding hydrogens is 306 g/mol. The molecule has 0 aliphatic carbocycles. The molecule has 0 bridgehead atoms. The SMILES string of the molecule is CCCCn1ccnc1Nc1cc(Br)cc(OC)c1. The maximum Gasteiger partial charge on any atom is 0.207 e. The number of rotatable bonds is 6. The van der Waals surface area contributed by atoms with Crippen LogP contribution in [-0.4, -0.2) is 16.7 Å². The van der Waals surface area contributed by atoms with Gasteiger partial charge in [-0.1, -0.05) is 29.3 Å². The second-order valence-electron chi connectivity index (χ2n) is 4.30. The number of unbranched alkanes of at least 4 members (excludes halogenated alkanes) is 1. The molecule has 0 aliphatic heterocycles. The fraction of sp³-hybridized carbons (Fsp3) is 0.357. The fourth-order valence-electron chi connectivity index (χ4n) is 1.82. The number of anilines is 2. The molecule has 19 heavy (non-hydrogen) atoms. The molecule has 102 valence electrons. The lowest BCUT2D eigenvalue weighted by Crippen LogP contribution is -2.03. The normalized spacial score (nSPS) is 10.5. The van der Waals surface area contributed by atoms with E-state index < -0.39 is 0 Å². The summed E-state index contributed by atoms with van der Waals surface area (Å²) in [6.07, 6.45) is 6.12. The molecule has 1 aromatic heterocycles. The molecule has 1 heterocycles. The van der Waals surface area contributed by atoms with Gasteiger partial charge in [-0.2, -0.15) is 0 Å². The van der Waals surface area contributed by atoms with E-state index in [0.717, 1.165) is 34.8 Å². The number of benzene rings is 1. The van der Waals surface area contributed by atoms with E-state index in [1.165, 1.54) is 6.42 Å². The predicted octanol–water partition coefficient (Wildman–Crippen LogP) is 4.20. The molecule has 1 N–H and O–H groups in total. The Kier molecular flexibility index (Phi) is 4.85. The number of hydrogen-bond donors (Lipinski definition) is 1. The summed E-state index contributed by atoms with van der Waals surface area (Å²) in [5, 5.41) is 3.32. The number of aryl methyl sites for hydroxylation is 1. The first kappa shape index (κ1) is 13.9. The minimum absolute atomic E-state index is 0.809. The zero-order valence-corrected chi connectivity index (χ0v) is 12.8. The minimum atomic E-state index is 0.809. The average Bonchev–Trinajstić information content (AvgIpc) is 2.83. The Balaban J connectivity index is 2.16. The summed E-state index contributed by atoms with van der Waals surface area (Å²) in [4.78, 5) is 4.35. The van der Waals surface area contributed by atoms with Crippen LogP contribution in [0.5, 0.6) is 5.75 Å². The molecule has 4 nitrogen and oxygen atoms in total. The summed E-state index contributed by atoms with van der Waals surface area (Å²) in [7, 11) is 1.66. The number of imidazole rings is 1. The van der Waals surface area contributed by atoms with Gasteiger partial charge in [0.15, 0.2) is 0 Å². The van der Waals surface area contributed by atoms with Crippen LogP contribution in [0.25, 0.3) is 0 Å². The van der Waals surface area contributed by atoms with Crippen LogP contribution >= 0.6 is 15.9 Å². The molecule has 0 aliphatic rings. The van der Waals surface area contributed by atoms with Gasteiger partial charge in [-0.3, -0.25) is 0 Å². The summed E-state index contributed by atoms with van der Waals surface area (Å²) in [6, 6.07) is 5.87. The molecule has 0 unspecified atom stereocenters. The highest BCUT2D eigenvalue weighted by molar-refractivity contribution is 9.10. The van der Waals surface area contributed by atoms with Gasteiger partial charge in [0.1, 0.15) is 5.75 Å². The molecular formula is C14H18BrN3O. The standard InChI is InChI=1S/C14H18BrN3O/c1-3-4-6-18-7-5-16-14(18)17-12-8-11(15)9-13(10-12)19-2/h5,7-10H,3-4,6H2,1-2H3,(H,16,17). The van der Waals surface area contributed by atoms with Crippen LogP contribution in [0.1, 0.15) is 19.8 Å². The van der Waals surface area contributed by atoms with Gasteiger partial charge >= 0.3 is 0 Å². The van der Waals surface area contributed by atoms with Crippen molar-refractivity contribution in [3.63, 3.8) is 0 Å². The van der Waals surface area contributed by atoms with Gasteiger partial charge in [0.25, 0.3) is 0 Å². The molecule has 0 spiro atoms. The van der Waals surface area contributed by atoms with Crippen molar-refractivity contribution < 1.29 is 4.74 Å². The summed E-state index contributed by atoms with van der Waals surface area (Å²) in [5.41, 5.74) is 0.954. The van der Waals surface area contributed by atoms with Crippen LogP contribution < -0.4 is 10.1 Å². The maximum absolute atomic E-state index is 5.25. The number of aromatic nitrogens is 2. The molecule has 0 atom stereocenters. The Morgan fingerprint density at radius 3 is 2.95 bits per heavy atom. The van der Waals surface area contributed by atoms with Crippen LogP contribution in [0.4, 0.5) is 11.6 Å². The van der Waals surface area contributed by atoms with Crippen LogP contribution in [-0.2, 0) is 6.54 Å². The lowest BCUT2D eigenvalue weighted by Gasteiger charge is -2.11. The highest BCUT2D eigenvalue weighted by Gasteiger charge is 2.05. The molecule has 0 fully saturated rings. The van der Waals surface area contributed by atoms with Gasteiger partial charge in [0.05, 0.1) is 7.11 Å². The van der Waals surface area contributed by atoms with Crippen LogP contribution in [0.2, 0.25) is 0 Å². The second kappa shape index (κ2) is 6.61. The van der Waals surface area contributed by atoms with Gasteiger partial charge in [0.2, 0.25) is 5.95 Å². The summed E-state index contributed by atoms with van der Waals surface area (Å²) < 4.78 is 8.35. The van der Waals surface area contributed by atoms with E-state index >= 15 is 0 Å².